The molecule has 2 unspecified atom stereocenters. The molecule has 6 heteroatoms. The molecule has 25 heavy (non-hydrogen) atoms. The Morgan fingerprint density at radius 1 is 1.16 bits per heavy atom. The molecule has 0 aromatic rings. The number of carbonyl (C=O) groups is 1. The summed E-state index contributed by atoms with van der Waals surface area (Å²) < 4.78 is 44.2. The van der Waals surface area contributed by atoms with Crippen molar-refractivity contribution in [3.63, 3.8) is 0 Å². The van der Waals surface area contributed by atoms with Crippen molar-refractivity contribution in [3.8, 4) is 0 Å². The van der Waals surface area contributed by atoms with Gasteiger partial charge in [-0.25, -0.2) is 0 Å². The smallest absolute Gasteiger partial charge is 0.414 e. The van der Waals surface area contributed by atoms with E-state index in [2.05, 4.69) is 6.92 Å². The quantitative estimate of drug-likeness (QED) is 0.482. The van der Waals surface area contributed by atoms with Gasteiger partial charge in [0.1, 0.15) is 11.5 Å². The lowest BCUT2D eigenvalue weighted by molar-refractivity contribution is -0.246. The van der Waals surface area contributed by atoms with Crippen LogP contribution in [0.4, 0.5) is 13.2 Å². The van der Waals surface area contributed by atoms with Crippen LogP contribution in [0.25, 0.3) is 0 Å². The number of ether oxygens (including phenoxy) is 1. The van der Waals surface area contributed by atoms with E-state index in [1.807, 2.05) is 0 Å². The zero-order valence-electron chi connectivity index (χ0n) is 15.0. The standard InChI is InChI=1S/C19H29F3O3/c1-3-4-5-6-7-8-10-13-18(25-15(2)19(20,21)22)14-11-9-12-16(18)17(23)24/h9,11-12,14-16H,3-8,10,13H2,1-2H3,(H,23,24)/t15-,16?,18?/m0/s1. The normalized spacial score (nSPS) is 24.4. The Morgan fingerprint density at radius 2 is 1.76 bits per heavy atom. The number of carboxylic acid groups (broad SMARTS) is 1. The molecule has 0 spiro atoms. The Labute approximate surface area is 147 Å². The number of rotatable bonds is 11. The number of hydrogen-bond acceptors (Lipinski definition) is 2. The Morgan fingerprint density at radius 3 is 2.32 bits per heavy atom. The van der Waals surface area contributed by atoms with Gasteiger partial charge in [0.2, 0.25) is 0 Å². The molecule has 0 radical (unpaired) electrons. The highest BCUT2D eigenvalue weighted by atomic mass is 19.4. The molecule has 144 valence electrons. The average Bonchev–Trinajstić information content (AvgIpc) is 2.53. The van der Waals surface area contributed by atoms with Crippen LogP contribution in [0.3, 0.4) is 0 Å². The summed E-state index contributed by atoms with van der Waals surface area (Å²) in [5.74, 6) is -2.28. The Balaban J connectivity index is 2.73. The lowest BCUT2D eigenvalue weighted by Gasteiger charge is -2.39. The summed E-state index contributed by atoms with van der Waals surface area (Å²) >= 11 is 0. The summed E-state index contributed by atoms with van der Waals surface area (Å²) in [4.78, 5) is 11.6. The van der Waals surface area contributed by atoms with Crippen molar-refractivity contribution in [2.24, 2.45) is 5.92 Å². The van der Waals surface area contributed by atoms with Crippen molar-refractivity contribution >= 4 is 5.97 Å². The van der Waals surface area contributed by atoms with Gasteiger partial charge in [-0.2, -0.15) is 13.2 Å². The van der Waals surface area contributed by atoms with Crippen LogP contribution in [0, 0.1) is 5.92 Å². The van der Waals surface area contributed by atoms with Crippen molar-refractivity contribution in [1.29, 1.82) is 0 Å². The van der Waals surface area contributed by atoms with E-state index in [1.165, 1.54) is 18.6 Å². The minimum absolute atomic E-state index is 0.263. The predicted molar refractivity (Wildman–Crippen MR) is 91.3 cm³/mol. The number of hydrogen-bond donors (Lipinski definition) is 1. The monoisotopic (exact) mass is 362 g/mol. The molecule has 3 nitrogen and oxygen atoms in total. The van der Waals surface area contributed by atoms with Gasteiger partial charge in [0.15, 0.2) is 6.10 Å². The van der Waals surface area contributed by atoms with Crippen LogP contribution in [0.5, 0.6) is 0 Å². The molecule has 1 aliphatic carbocycles. The van der Waals surface area contributed by atoms with Gasteiger partial charge in [0.05, 0.1) is 0 Å². The third-order valence-electron chi connectivity index (χ3n) is 4.61. The van der Waals surface area contributed by atoms with E-state index < -0.39 is 29.8 Å². The summed E-state index contributed by atoms with van der Waals surface area (Å²) in [7, 11) is 0. The second-order valence-electron chi connectivity index (χ2n) is 6.69. The van der Waals surface area contributed by atoms with Gasteiger partial charge in [-0.05, 0) is 13.3 Å². The SMILES string of the molecule is CCCCCCCCCC1(O[C@@H](C)C(F)(F)F)C=CC=CC1C(=O)O. The average molecular weight is 362 g/mol. The van der Waals surface area contributed by atoms with Crippen LogP contribution in [-0.4, -0.2) is 29.0 Å². The molecule has 1 N–H and O–H groups in total. The van der Waals surface area contributed by atoms with Gasteiger partial charge in [-0.3, -0.25) is 4.79 Å². The van der Waals surface area contributed by atoms with Crippen LogP contribution < -0.4 is 0 Å². The van der Waals surface area contributed by atoms with Gasteiger partial charge in [-0.15, -0.1) is 0 Å². The summed E-state index contributed by atoms with van der Waals surface area (Å²) in [6.45, 7) is 3.06. The zero-order chi connectivity index (χ0) is 18.9. The minimum atomic E-state index is -4.52. The molecule has 0 amide bonds. The van der Waals surface area contributed by atoms with Gasteiger partial charge in [-0.1, -0.05) is 76.2 Å². The van der Waals surface area contributed by atoms with E-state index in [4.69, 9.17) is 4.74 Å². The number of aliphatic carboxylic acids is 1. The van der Waals surface area contributed by atoms with Gasteiger partial charge in [0.25, 0.3) is 0 Å². The second kappa shape index (κ2) is 10.00. The van der Waals surface area contributed by atoms with Crippen LogP contribution in [-0.2, 0) is 9.53 Å². The maximum atomic E-state index is 12.9. The summed E-state index contributed by atoms with van der Waals surface area (Å²) in [5.41, 5.74) is -1.45. The molecule has 1 rings (SSSR count). The van der Waals surface area contributed by atoms with E-state index >= 15 is 0 Å². The number of carboxylic acids is 1. The fourth-order valence-corrected chi connectivity index (χ4v) is 3.12. The summed E-state index contributed by atoms with van der Waals surface area (Å²) in [5, 5.41) is 9.44. The van der Waals surface area contributed by atoms with Crippen LogP contribution in [0.15, 0.2) is 24.3 Å². The molecule has 0 fully saturated rings. The third kappa shape index (κ3) is 6.84. The zero-order valence-corrected chi connectivity index (χ0v) is 15.0. The van der Waals surface area contributed by atoms with E-state index in [-0.39, 0.29) is 6.42 Å². The topological polar surface area (TPSA) is 46.5 Å². The minimum Gasteiger partial charge on any atom is -0.481 e. The highest BCUT2D eigenvalue weighted by Crippen LogP contribution is 2.38. The molecule has 1 aliphatic rings. The van der Waals surface area contributed by atoms with Crippen molar-refractivity contribution < 1.29 is 27.8 Å². The van der Waals surface area contributed by atoms with E-state index in [1.54, 1.807) is 12.2 Å². The molecule has 0 aliphatic heterocycles. The number of unbranched alkanes of at least 4 members (excludes halogenated alkanes) is 6. The highest BCUT2D eigenvalue weighted by Gasteiger charge is 2.48. The molecule has 0 aromatic carbocycles. The van der Waals surface area contributed by atoms with Crippen LogP contribution in [0.2, 0.25) is 0 Å². The Kier molecular flexibility index (Phi) is 8.69. The van der Waals surface area contributed by atoms with Crippen molar-refractivity contribution in [2.75, 3.05) is 0 Å². The Bertz CT molecular complexity index is 471. The molecule has 0 saturated carbocycles. The van der Waals surface area contributed by atoms with Crippen molar-refractivity contribution in [2.45, 2.75) is 83.1 Å². The molecule has 0 heterocycles. The van der Waals surface area contributed by atoms with Crippen LogP contribution in [0.1, 0.15) is 65.2 Å². The maximum absolute atomic E-state index is 12.9. The third-order valence-corrected chi connectivity index (χ3v) is 4.61. The van der Waals surface area contributed by atoms with Crippen LogP contribution >= 0.6 is 0 Å². The van der Waals surface area contributed by atoms with Gasteiger partial charge >= 0.3 is 12.1 Å². The second-order valence-corrected chi connectivity index (χ2v) is 6.69. The maximum Gasteiger partial charge on any atom is 0.414 e. The first kappa shape index (κ1) is 21.7. The largest absolute Gasteiger partial charge is 0.481 e. The first-order chi connectivity index (χ1) is 11.7. The lowest BCUT2D eigenvalue weighted by atomic mass is 9.79. The van der Waals surface area contributed by atoms with E-state index in [9.17, 15) is 23.1 Å². The first-order valence-electron chi connectivity index (χ1n) is 9.06. The van der Waals surface area contributed by atoms with E-state index in [0.29, 0.717) is 6.42 Å². The van der Waals surface area contributed by atoms with Crippen molar-refractivity contribution in [3.05, 3.63) is 24.3 Å². The van der Waals surface area contributed by atoms with E-state index in [0.717, 1.165) is 39.0 Å². The van der Waals surface area contributed by atoms with Gasteiger partial charge in [0, 0.05) is 0 Å². The molecule has 0 saturated heterocycles. The summed E-state index contributed by atoms with van der Waals surface area (Å²) in [6, 6.07) is 0. The predicted octanol–water partition coefficient (Wildman–Crippen LogP) is 5.66. The van der Waals surface area contributed by atoms with Gasteiger partial charge < -0.3 is 9.84 Å². The van der Waals surface area contributed by atoms with Crippen molar-refractivity contribution in [1.82, 2.24) is 0 Å². The molecule has 0 aromatic heterocycles. The summed E-state index contributed by atoms with van der Waals surface area (Å²) in [6.07, 6.45) is 6.82. The number of alkyl halides is 3. The number of halogens is 3. The molecular weight excluding hydrogens is 333 g/mol. The Hall–Kier alpha value is -1.30. The molecular formula is C19H29F3O3. The first-order valence-corrected chi connectivity index (χ1v) is 9.06. The fraction of sp³-hybridized carbons (Fsp3) is 0.737. The highest BCUT2D eigenvalue weighted by molar-refractivity contribution is 5.75. The number of allylic oxidation sites excluding steroid dienone is 2. The fourth-order valence-electron chi connectivity index (χ4n) is 3.12. The lowest BCUT2D eigenvalue weighted by Crippen LogP contribution is -2.48. The molecule has 3 atom stereocenters. The molecule has 0 bridgehead atoms.